The highest BCUT2D eigenvalue weighted by Crippen LogP contribution is 2.51. The Balaban J connectivity index is 0.991. The van der Waals surface area contributed by atoms with Crippen molar-refractivity contribution in [2.45, 2.75) is 19.3 Å². The topological polar surface area (TPSA) is 21.3 Å². The van der Waals surface area contributed by atoms with Gasteiger partial charge in [0.25, 0.3) is 0 Å². The molecule has 12 rings (SSSR count). The molecule has 1 aliphatic carbocycles. The van der Waals surface area contributed by atoms with E-state index in [0.29, 0.717) is 0 Å². The standard InChI is InChI=1S/C53H36N2O/c1-53(2)45-18-10-9-17-41(45)42-26-23-39(31-46(42)53)54(37-13-5-3-6-14-37)40-24-27-44-43-25-22-34(30-49(43)56-50(44)32-40)36-28-35-21-20-33-12-11-19-47-51(33)52(35)48(29-36)55(47)38-15-7-4-8-16-38/h3-32H,1-2H3. The lowest BCUT2D eigenvalue weighted by atomic mass is 9.82. The molecule has 0 aliphatic heterocycles. The Hall–Kier alpha value is -7.10. The summed E-state index contributed by atoms with van der Waals surface area (Å²) in [5.74, 6) is 0. The highest BCUT2D eigenvalue weighted by Gasteiger charge is 2.35. The molecule has 0 saturated heterocycles. The normalized spacial score (nSPS) is 13.3. The van der Waals surface area contributed by atoms with Gasteiger partial charge in [0.2, 0.25) is 0 Å². The van der Waals surface area contributed by atoms with Gasteiger partial charge in [0, 0.05) is 55.8 Å². The molecular weight excluding hydrogens is 681 g/mol. The Morgan fingerprint density at radius 1 is 0.446 bits per heavy atom. The number of furan rings is 1. The summed E-state index contributed by atoms with van der Waals surface area (Å²) < 4.78 is 9.19. The van der Waals surface area contributed by atoms with Crippen LogP contribution in [0.2, 0.25) is 0 Å². The van der Waals surface area contributed by atoms with Crippen molar-refractivity contribution in [1.82, 2.24) is 4.57 Å². The first kappa shape index (κ1) is 31.3. The Morgan fingerprint density at radius 2 is 1.12 bits per heavy atom. The van der Waals surface area contributed by atoms with E-state index in [1.807, 2.05) is 0 Å². The van der Waals surface area contributed by atoms with E-state index in [1.165, 1.54) is 60.4 Å². The van der Waals surface area contributed by atoms with Crippen LogP contribution in [0.3, 0.4) is 0 Å². The summed E-state index contributed by atoms with van der Waals surface area (Å²) in [4.78, 5) is 2.35. The molecule has 3 nitrogen and oxygen atoms in total. The zero-order valence-corrected chi connectivity index (χ0v) is 31.1. The van der Waals surface area contributed by atoms with Crippen molar-refractivity contribution in [2.75, 3.05) is 4.90 Å². The first-order valence-electron chi connectivity index (χ1n) is 19.4. The average molecular weight is 717 g/mol. The summed E-state index contributed by atoms with van der Waals surface area (Å²) >= 11 is 0. The third-order valence-electron chi connectivity index (χ3n) is 12.3. The van der Waals surface area contributed by atoms with Crippen LogP contribution in [0.25, 0.3) is 82.5 Å². The van der Waals surface area contributed by atoms with Crippen LogP contribution in [0.4, 0.5) is 17.1 Å². The zero-order valence-electron chi connectivity index (χ0n) is 31.1. The quantitative estimate of drug-likeness (QED) is 0.165. The molecule has 0 saturated carbocycles. The minimum Gasteiger partial charge on any atom is -0.456 e. The predicted molar refractivity (Wildman–Crippen MR) is 234 cm³/mol. The highest BCUT2D eigenvalue weighted by atomic mass is 16.3. The number of fused-ring (bicyclic) bond motifs is 6. The van der Waals surface area contributed by atoms with Gasteiger partial charge in [-0.3, -0.25) is 0 Å². The lowest BCUT2D eigenvalue weighted by Crippen LogP contribution is -2.16. The number of nitrogens with zero attached hydrogens (tertiary/aromatic N) is 2. The fourth-order valence-electron chi connectivity index (χ4n) is 9.66. The van der Waals surface area contributed by atoms with Gasteiger partial charge in [-0.25, -0.2) is 0 Å². The molecule has 0 fully saturated rings. The number of benzene rings is 9. The van der Waals surface area contributed by atoms with Crippen LogP contribution in [0, 0.1) is 0 Å². The Kier molecular flexibility index (Phi) is 6.40. The molecule has 264 valence electrons. The van der Waals surface area contributed by atoms with Crippen molar-refractivity contribution in [3.05, 3.63) is 193 Å². The molecule has 0 N–H and O–H groups in total. The molecule has 0 radical (unpaired) electrons. The maximum absolute atomic E-state index is 6.78. The third-order valence-corrected chi connectivity index (χ3v) is 12.3. The molecule has 3 heteroatoms. The van der Waals surface area contributed by atoms with Gasteiger partial charge in [0.1, 0.15) is 11.2 Å². The van der Waals surface area contributed by atoms with E-state index in [4.69, 9.17) is 4.42 Å². The molecular formula is C53H36N2O. The smallest absolute Gasteiger partial charge is 0.137 e. The number of hydrogen-bond donors (Lipinski definition) is 0. The van der Waals surface area contributed by atoms with Crippen molar-refractivity contribution in [3.8, 4) is 27.9 Å². The molecule has 9 aromatic carbocycles. The Labute approximate surface area is 324 Å². The summed E-state index contributed by atoms with van der Waals surface area (Å²) in [6, 6.07) is 66.3. The average Bonchev–Trinajstić information content (AvgIpc) is 3.86. The second kappa shape index (κ2) is 11.5. The van der Waals surface area contributed by atoms with Crippen LogP contribution < -0.4 is 4.90 Å². The predicted octanol–water partition coefficient (Wildman–Crippen LogP) is 14.7. The highest BCUT2D eigenvalue weighted by molar-refractivity contribution is 6.25. The van der Waals surface area contributed by atoms with Crippen LogP contribution in [0.1, 0.15) is 25.0 Å². The molecule has 2 aromatic heterocycles. The minimum atomic E-state index is -0.0930. The second-order valence-electron chi connectivity index (χ2n) is 15.8. The van der Waals surface area contributed by atoms with Gasteiger partial charge in [-0.05, 0) is 123 Å². The number of anilines is 3. The van der Waals surface area contributed by atoms with E-state index < -0.39 is 0 Å². The van der Waals surface area contributed by atoms with E-state index in [2.05, 4.69) is 205 Å². The van der Waals surface area contributed by atoms with Crippen molar-refractivity contribution >= 4 is 71.6 Å². The van der Waals surface area contributed by atoms with Gasteiger partial charge >= 0.3 is 0 Å². The maximum Gasteiger partial charge on any atom is 0.137 e. The van der Waals surface area contributed by atoms with Crippen molar-refractivity contribution in [1.29, 1.82) is 0 Å². The molecule has 0 spiro atoms. The number of para-hydroxylation sites is 2. The van der Waals surface area contributed by atoms with Crippen molar-refractivity contribution < 1.29 is 4.42 Å². The summed E-state index contributed by atoms with van der Waals surface area (Å²) in [5.41, 5.74) is 16.2. The molecule has 0 unspecified atom stereocenters. The van der Waals surface area contributed by atoms with E-state index in [9.17, 15) is 0 Å². The van der Waals surface area contributed by atoms with E-state index >= 15 is 0 Å². The number of rotatable bonds is 5. The van der Waals surface area contributed by atoms with Crippen LogP contribution in [-0.4, -0.2) is 4.57 Å². The van der Waals surface area contributed by atoms with Gasteiger partial charge in [0.05, 0.1) is 11.0 Å². The molecule has 0 bridgehead atoms. The summed E-state index contributed by atoms with van der Waals surface area (Å²) in [7, 11) is 0. The lowest BCUT2D eigenvalue weighted by molar-refractivity contribution is 0.660. The monoisotopic (exact) mass is 716 g/mol. The first-order chi connectivity index (χ1) is 27.5. The van der Waals surface area contributed by atoms with Crippen molar-refractivity contribution in [3.63, 3.8) is 0 Å². The van der Waals surface area contributed by atoms with Gasteiger partial charge in [-0.1, -0.05) is 111 Å². The van der Waals surface area contributed by atoms with Crippen molar-refractivity contribution in [2.24, 2.45) is 0 Å². The molecule has 2 heterocycles. The molecule has 56 heavy (non-hydrogen) atoms. The fraction of sp³-hybridized carbons (Fsp3) is 0.0566. The Morgan fingerprint density at radius 3 is 1.98 bits per heavy atom. The van der Waals surface area contributed by atoms with Crippen LogP contribution in [0.5, 0.6) is 0 Å². The summed E-state index contributed by atoms with van der Waals surface area (Å²) in [6.07, 6.45) is 0. The minimum absolute atomic E-state index is 0.0930. The second-order valence-corrected chi connectivity index (χ2v) is 15.8. The first-order valence-corrected chi connectivity index (χ1v) is 19.4. The summed E-state index contributed by atoms with van der Waals surface area (Å²) in [6.45, 7) is 4.68. The van der Waals surface area contributed by atoms with E-state index in [1.54, 1.807) is 0 Å². The Bertz CT molecular complexity index is 3330. The van der Waals surface area contributed by atoms with Crippen LogP contribution in [-0.2, 0) is 5.41 Å². The van der Waals surface area contributed by atoms with Gasteiger partial charge < -0.3 is 13.9 Å². The number of aromatic nitrogens is 1. The molecule has 0 amide bonds. The zero-order chi connectivity index (χ0) is 37.1. The fourth-order valence-corrected chi connectivity index (χ4v) is 9.66. The van der Waals surface area contributed by atoms with E-state index in [-0.39, 0.29) is 5.41 Å². The van der Waals surface area contributed by atoms with Crippen LogP contribution >= 0.6 is 0 Å². The van der Waals surface area contributed by atoms with Gasteiger partial charge in [-0.2, -0.15) is 0 Å². The summed E-state index contributed by atoms with van der Waals surface area (Å²) in [5, 5.41) is 7.36. The SMILES string of the molecule is CC1(C)c2ccccc2-c2ccc(N(c3ccccc3)c3ccc4c(c3)oc3cc(-c5cc6ccc7cccc8c7c6c(c5)n8-c5ccccc5)ccc34)cc21. The van der Waals surface area contributed by atoms with E-state index in [0.717, 1.165) is 50.3 Å². The maximum atomic E-state index is 6.78. The molecule has 0 atom stereocenters. The number of hydrogen-bond acceptors (Lipinski definition) is 2. The van der Waals surface area contributed by atoms with Crippen LogP contribution in [0.15, 0.2) is 186 Å². The third kappa shape index (κ3) is 4.40. The van der Waals surface area contributed by atoms with Gasteiger partial charge in [-0.15, -0.1) is 0 Å². The largest absolute Gasteiger partial charge is 0.456 e. The molecule has 1 aliphatic rings. The van der Waals surface area contributed by atoms with Gasteiger partial charge in [0.15, 0.2) is 0 Å². The molecule has 11 aromatic rings. The lowest BCUT2D eigenvalue weighted by Gasteiger charge is -2.28.